The number of thiophene rings is 1. The molecule has 2 atom stereocenters. The van der Waals surface area contributed by atoms with Gasteiger partial charge in [0.15, 0.2) is 0 Å². The van der Waals surface area contributed by atoms with E-state index in [1.165, 1.54) is 11.3 Å². The number of hydrogen-bond acceptors (Lipinski definition) is 4. The Balaban J connectivity index is 1.84. The lowest BCUT2D eigenvalue weighted by atomic mass is 10.0. The molecule has 3 N–H and O–H groups in total. The third kappa shape index (κ3) is 5.90. The molecule has 0 saturated carbocycles. The fourth-order valence-electron chi connectivity index (χ4n) is 2.31. The van der Waals surface area contributed by atoms with Crippen LogP contribution in [0.2, 0.25) is 0 Å². The molecule has 0 saturated heterocycles. The van der Waals surface area contributed by atoms with E-state index in [1.54, 1.807) is 13.0 Å². The molecule has 2 rings (SSSR count). The molecule has 0 bridgehead atoms. The first-order valence-corrected chi connectivity index (χ1v) is 9.29. The smallest absolute Gasteiger partial charge is 0.261 e. The summed E-state index contributed by atoms with van der Waals surface area (Å²) in [6.45, 7) is 6.39. The van der Waals surface area contributed by atoms with Gasteiger partial charge in [-0.2, -0.15) is 0 Å². The van der Waals surface area contributed by atoms with Crippen molar-refractivity contribution < 1.29 is 9.59 Å². The van der Waals surface area contributed by atoms with E-state index in [9.17, 15) is 9.59 Å². The Morgan fingerprint density at radius 1 is 1.04 bits per heavy atom. The van der Waals surface area contributed by atoms with Gasteiger partial charge in [-0.1, -0.05) is 38.1 Å². The fourth-order valence-corrected chi connectivity index (χ4v) is 2.93. The molecule has 6 heteroatoms. The number of anilines is 1. The number of carbonyl (C=O) groups is 2. The normalized spacial score (nSPS) is 13.1. The summed E-state index contributed by atoms with van der Waals surface area (Å²) in [4.78, 5) is 24.9. The van der Waals surface area contributed by atoms with E-state index in [0.29, 0.717) is 17.3 Å². The molecule has 2 aromatic rings. The highest BCUT2D eigenvalue weighted by molar-refractivity contribution is 7.12. The number of rotatable bonds is 8. The van der Waals surface area contributed by atoms with Crippen molar-refractivity contribution in [3.63, 3.8) is 0 Å². The zero-order valence-electron chi connectivity index (χ0n) is 14.8. The summed E-state index contributed by atoms with van der Waals surface area (Å²) in [7, 11) is 0. The number of para-hydroxylation sites is 1. The second-order valence-corrected chi connectivity index (χ2v) is 7.23. The molecule has 5 nitrogen and oxygen atoms in total. The van der Waals surface area contributed by atoms with Crippen LogP contribution < -0.4 is 16.0 Å². The lowest BCUT2D eigenvalue weighted by molar-refractivity contribution is -0.122. The SMILES string of the molecule is CC(NC(=O)c1cccs1)C(=O)NCC(Nc1ccccc1)C(C)C. The number of benzene rings is 1. The van der Waals surface area contributed by atoms with E-state index in [-0.39, 0.29) is 17.9 Å². The molecule has 0 fully saturated rings. The maximum absolute atomic E-state index is 12.3. The lowest BCUT2D eigenvalue weighted by Gasteiger charge is -2.25. The second-order valence-electron chi connectivity index (χ2n) is 6.28. The minimum Gasteiger partial charge on any atom is -0.380 e. The predicted octanol–water partition coefficient (Wildman–Crippen LogP) is 3.12. The van der Waals surface area contributed by atoms with Gasteiger partial charge in [0.05, 0.1) is 4.88 Å². The van der Waals surface area contributed by atoms with Gasteiger partial charge < -0.3 is 16.0 Å². The summed E-state index contributed by atoms with van der Waals surface area (Å²) in [6.07, 6.45) is 0. The number of carbonyl (C=O) groups excluding carboxylic acids is 2. The van der Waals surface area contributed by atoms with Gasteiger partial charge in [0.2, 0.25) is 5.91 Å². The van der Waals surface area contributed by atoms with Crippen LogP contribution in [0.1, 0.15) is 30.4 Å². The van der Waals surface area contributed by atoms with Crippen molar-refractivity contribution in [3.05, 3.63) is 52.7 Å². The Kier molecular flexibility index (Phi) is 7.01. The number of hydrogen-bond donors (Lipinski definition) is 3. The Morgan fingerprint density at radius 3 is 2.36 bits per heavy atom. The first-order chi connectivity index (χ1) is 12.0. The van der Waals surface area contributed by atoms with Gasteiger partial charge >= 0.3 is 0 Å². The van der Waals surface area contributed by atoms with Gasteiger partial charge in [-0.3, -0.25) is 9.59 Å². The minimum atomic E-state index is -0.584. The van der Waals surface area contributed by atoms with E-state index in [4.69, 9.17) is 0 Å². The maximum Gasteiger partial charge on any atom is 0.261 e. The van der Waals surface area contributed by atoms with Crippen LogP contribution >= 0.6 is 11.3 Å². The standard InChI is InChI=1S/C19H25N3O2S/c1-13(2)16(22-15-8-5-4-6-9-15)12-20-18(23)14(3)21-19(24)17-10-7-11-25-17/h4-11,13-14,16,22H,12H2,1-3H3,(H,20,23)(H,21,24). The third-order valence-corrected chi connectivity index (χ3v) is 4.78. The maximum atomic E-state index is 12.3. The highest BCUT2D eigenvalue weighted by atomic mass is 32.1. The van der Waals surface area contributed by atoms with E-state index in [1.807, 2.05) is 41.8 Å². The zero-order chi connectivity index (χ0) is 18.2. The largest absolute Gasteiger partial charge is 0.380 e. The summed E-state index contributed by atoms with van der Waals surface area (Å²) in [6, 6.07) is 13.0. The summed E-state index contributed by atoms with van der Waals surface area (Å²) in [5.74, 6) is -0.0672. The number of nitrogens with one attached hydrogen (secondary N) is 3. The van der Waals surface area contributed by atoms with Crippen LogP contribution in [0.15, 0.2) is 47.8 Å². The average molecular weight is 359 g/mol. The van der Waals surface area contributed by atoms with Crippen molar-refractivity contribution in [1.82, 2.24) is 10.6 Å². The summed E-state index contributed by atoms with van der Waals surface area (Å²) in [5.41, 5.74) is 1.02. The molecule has 2 amide bonds. The third-order valence-electron chi connectivity index (χ3n) is 3.91. The van der Waals surface area contributed by atoms with E-state index in [0.717, 1.165) is 5.69 Å². The topological polar surface area (TPSA) is 70.2 Å². The van der Waals surface area contributed by atoms with E-state index in [2.05, 4.69) is 29.8 Å². The highest BCUT2D eigenvalue weighted by Gasteiger charge is 2.19. The van der Waals surface area contributed by atoms with Crippen LogP contribution in [0.25, 0.3) is 0 Å². The first kappa shape index (κ1) is 19.0. The lowest BCUT2D eigenvalue weighted by Crippen LogP contribution is -2.48. The van der Waals surface area contributed by atoms with Crippen molar-refractivity contribution >= 4 is 28.8 Å². The number of amides is 2. The quantitative estimate of drug-likeness (QED) is 0.678. The van der Waals surface area contributed by atoms with Crippen LogP contribution in [0, 0.1) is 5.92 Å². The van der Waals surface area contributed by atoms with E-state index < -0.39 is 6.04 Å². The zero-order valence-corrected chi connectivity index (χ0v) is 15.6. The summed E-state index contributed by atoms with van der Waals surface area (Å²) < 4.78 is 0. The van der Waals surface area contributed by atoms with Gasteiger partial charge in [-0.05, 0) is 36.4 Å². The van der Waals surface area contributed by atoms with Crippen LogP contribution in [-0.2, 0) is 4.79 Å². The minimum absolute atomic E-state index is 0.103. The Bertz CT molecular complexity index is 671. The molecule has 2 unspecified atom stereocenters. The summed E-state index contributed by atoms with van der Waals surface area (Å²) in [5, 5.41) is 10.9. The van der Waals surface area contributed by atoms with Gasteiger partial charge in [-0.15, -0.1) is 11.3 Å². The molecule has 0 aliphatic rings. The van der Waals surface area contributed by atoms with Gasteiger partial charge in [0, 0.05) is 18.3 Å². The fraction of sp³-hybridized carbons (Fsp3) is 0.368. The van der Waals surface area contributed by atoms with Gasteiger partial charge in [0.25, 0.3) is 5.91 Å². The molecule has 0 spiro atoms. The van der Waals surface area contributed by atoms with Crippen LogP contribution in [-0.4, -0.2) is 30.4 Å². The molecule has 0 radical (unpaired) electrons. The van der Waals surface area contributed by atoms with Crippen molar-refractivity contribution in [3.8, 4) is 0 Å². The molecule has 0 aliphatic heterocycles. The van der Waals surface area contributed by atoms with Gasteiger partial charge in [0.1, 0.15) is 6.04 Å². The molecule has 1 aromatic carbocycles. The first-order valence-electron chi connectivity index (χ1n) is 8.41. The monoisotopic (exact) mass is 359 g/mol. The second kappa shape index (κ2) is 9.22. The molecule has 1 heterocycles. The molecule has 0 aliphatic carbocycles. The van der Waals surface area contributed by atoms with Crippen molar-refractivity contribution in [1.29, 1.82) is 0 Å². The average Bonchev–Trinajstić information content (AvgIpc) is 3.13. The molecular formula is C19H25N3O2S. The van der Waals surface area contributed by atoms with Crippen molar-refractivity contribution in [2.75, 3.05) is 11.9 Å². The summed E-state index contributed by atoms with van der Waals surface area (Å²) >= 11 is 1.35. The predicted molar refractivity (Wildman–Crippen MR) is 103 cm³/mol. The van der Waals surface area contributed by atoms with Crippen LogP contribution in [0.4, 0.5) is 5.69 Å². The Morgan fingerprint density at radius 2 is 1.76 bits per heavy atom. The molecule has 1 aromatic heterocycles. The molecular weight excluding hydrogens is 334 g/mol. The van der Waals surface area contributed by atoms with Crippen molar-refractivity contribution in [2.24, 2.45) is 5.92 Å². The van der Waals surface area contributed by atoms with Crippen molar-refractivity contribution in [2.45, 2.75) is 32.9 Å². The Labute approximate surface area is 152 Å². The Hall–Kier alpha value is -2.34. The van der Waals surface area contributed by atoms with E-state index >= 15 is 0 Å². The molecule has 134 valence electrons. The van der Waals surface area contributed by atoms with Crippen LogP contribution in [0.5, 0.6) is 0 Å². The van der Waals surface area contributed by atoms with Gasteiger partial charge in [-0.25, -0.2) is 0 Å². The van der Waals surface area contributed by atoms with Crippen LogP contribution in [0.3, 0.4) is 0 Å². The highest BCUT2D eigenvalue weighted by Crippen LogP contribution is 2.12. The molecule has 25 heavy (non-hydrogen) atoms.